The van der Waals surface area contributed by atoms with Crippen LogP contribution in [0.25, 0.3) is 0 Å². The maximum atomic E-state index is 13.0. The Balaban J connectivity index is 1.61. The van der Waals surface area contributed by atoms with Gasteiger partial charge >= 0.3 is 12.1 Å². The van der Waals surface area contributed by atoms with Crippen LogP contribution in [-0.4, -0.2) is 65.4 Å². The van der Waals surface area contributed by atoms with Gasteiger partial charge in [-0.15, -0.1) is 11.8 Å². The molecule has 0 radical (unpaired) electrons. The molecule has 1 aromatic rings. The molecule has 7 nitrogen and oxygen atoms in total. The van der Waals surface area contributed by atoms with E-state index in [1.165, 1.54) is 11.1 Å². The lowest BCUT2D eigenvalue weighted by atomic mass is 9.76. The first-order valence-electron chi connectivity index (χ1n) is 12.2. The van der Waals surface area contributed by atoms with Crippen molar-refractivity contribution in [1.29, 1.82) is 0 Å². The summed E-state index contributed by atoms with van der Waals surface area (Å²) in [6.45, 7) is 11.8. The van der Waals surface area contributed by atoms with E-state index >= 15 is 0 Å². The van der Waals surface area contributed by atoms with Crippen molar-refractivity contribution in [3.63, 3.8) is 0 Å². The first kappa shape index (κ1) is 26.4. The molecule has 0 saturated carbocycles. The second kappa shape index (κ2) is 11.0. The van der Waals surface area contributed by atoms with Crippen LogP contribution in [0.5, 0.6) is 0 Å². The van der Waals surface area contributed by atoms with E-state index < -0.39 is 11.0 Å². The Hall–Kier alpha value is -2.22. The lowest BCUT2D eigenvalue weighted by molar-refractivity contribution is -0.158. The molecule has 2 aliphatic heterocycles. The number of hydrogen-bond donors (Lipinski definition) is 0. The highest BCUT2D eigenvalue weighted by Crippen LogP contribution is 2.39. The Morgan fingerprint density at radius 3 is 2.38 bits per heavy atom. The number of benzene rings is 1. The van der Waals surface area contributed by atoms with Gasteiger partial charge in [-0.1, -0.05) is 6.07 Å². The molecule has 188 valence electrons. The molecule has 2 aliphatic rings. The van der Waals surface area contributed by atoms with E-state index in [1.807, 2.05) is 32.6 Å². The molecule has 34 heavy (non-hydrogen) atoms. The summed E-state index contributed by atoms with van der Waals surface area (Å²) in [7, 11) is 0. The predicted molar refractivity (Wildman–Crippen MR) is 133 cm³/mol. The largest absolute Gasteiger partial charge is 0.466 e. The van der Waals surface area contributed by atoms with E-state index in [0.717, 1.165) is 23.6 Å². The summed E-state index contributed by atoms with van der Waals surface area (Å²) in [5, 5.41) is 0. The molecular weight excluding hydrogens is 452 g/mol. The Morgan fingerprint density at radius 1 is 1.06 bits per heavy atom. The fourth-order valence-electron chi connectivity index (χ4n) is 4.54. The summed E-state index contributed by atoms with van der Waals surface area (Å²) in [6, 6.07) is 6.47. The second-order valence-corrected chi connectivity index (χ2v) is 11.4. The number of carbonyl (C=O) groups is 3. The zero-order valence-corrected chi connectivity index (χ0v) is 22.0. The first-order chi connectivity index (χ1) is 16.0. The molecule has 8 heteroatoms. The third kappa shape index (κ3) is 6.68. The van der Waals surface area contributed by atoms with Crippen LogP contribution >= 0.6 is 11.8 Å². The number of hydrogen-bond acceptors (Lipinski definition) is 6. The average molecular weight is 491 g/mol. The SMILES string of the molecule is CCOC(=O)C1(CCSc2ccc3c(c2)CN(C(C)=O)CC3)CCN(C(=O)OC(C)(C)C)CC1. The predicted octanol–water partition coefficient (Wildman–Crippen LogP) is 4.65. The normalized spacial score (nSPS) is 17.7. The second-order valence-electron chi connectivity index (χ2n) is 10.2. The molecule has 2 heterocycles. The number of likely N-dealkylation sites (tertiary alicyclic amines) is 1. The third-order valence-corrected chi connectivity index (χ3v) is 7.56. The van der Waals surface area contributed by atoms with E-state index in [4.69, 9.17) is 9.47 Å². The van der Waals surface area contributed by atoms with E-state index in [-0.39, 0.29) is 18.0 Å². The smallest absolute Gasteiger partial charge is 0.410 e. The van der Waals surface area contributed by atoms with Crippen molar-refractivity contribution in [3.05, 3.63) is 29.3 Å². The number of amides is 2. The van der Waals surface area contributed by atoms with Gasteiger partial charge in [0.2, 0.25) is 5.91 Å². The van der Waals surface area contributed by atoms with Gasteiger partial charge in [0.05, 0.1) is 12.0 Å². The van der Waals surface area contributed by atoms with Crippen LogP contribution in [0, 0.1) is 5.41 Å². The van der Waals surface area contributed by atoms with Gasteiger partial charge < -0.3 is 19.3 Å². The fourth-order valence-corrected chi connectivity index (χ4v) is 5.66. The highest BCUT2D eigenvalue weighted by atomic mass is 32.2. The van der Waals surface area contributed by atoms with Crippen LogP contribution in [0.1, 0.15) is 65.0 Å². The number of piperidine rings is 1. The summed E-state index contributed by atoms with van der Waals surface area (Å²) in [5.74, 6) is 0.722. The highest BCUT2D eigenvalue weighted by molar-refractivity contribution is 7.99. The van der Waals surface area contributed by atoms with Crippen molar-refractivity contribution < 1.29 is 23.9 Å². The van der Waals surface area contributed by atoms with Gasteiger partial charge in [-0.3, -0.25) is 9.59 Å². The molecule has 0 aliphatic carbocycles. The monoisotopic (exact) mass is 490 g/mol. The minimum absolute atomic E-state index is 0.109. The number of carbonyl (C=O) groups excluding carboxylic acids is 3. The van der Waals surface area contributed by atoms with Gasteiger partial charge in [0, 0.05) is 38.0 Å². The van der Waals surface area contributed by atoms with Gasteiger partial charge in [-0.05, 0) is 82.4 Å². The Labute approximate surface area is 207 Å². The minimum Gasteiger partial charge on any atom is -0.466 e. The summed E-state index contributed by atoms with van der Waals surface area (Å²) >= 11 is 1.73. The third-order valence-electron chi connectivity index (χ3n) is 6.57. The summed E-state index contributed by atoms with van der Waals surface area (Å²) in [5.41, 5.74) is 1.39. The molecule has 2 amide bonds. The fraction of sp³-hybridized carbons (Fsp3) is 0.654. The van der Waals surface area contributed by atoms with Crippen molar-refractivity contribution in [2.45, 2.75) is 77.3 Å². The van der Waals surface area contributed by atoms with Crippen LogP contribution < -0.4 is 0 Å². The zero-order valence-electron chi connectivity index (χ0n) is 21.1. The number of nitrogens with zero attached hydrogens (tertiary/aromatic N) is 2. The number of thioether (sulfide) groups is 1. The molecule has 0 aromatic heterocycles. The lowest BCUT2D eigenvalue weighted by Crippen LogP contribution is -2.48. The van der Waals surface area contributed by atoms with Crippen molar-refractivity contribution in [3.8, 4) is 0 Å². The van der Waals surface area contributed by atoms with Crippen LogP contribution in [0.2, 0.25) is 0 Å². The quantitative estimate of drug-likeness (QED) is 0.427. The number of ether oxygens (including phenoxy) is 2. The van der Waals surface area contributed by atoms with Crippen LogP contribution in [0.15, 0.2) is 23.1 Å². The van der Waals surface area contributed by atoms with Crippen molar-refractivity contribution in [2.75, 3.05) is 32.0 Å². The van der Waals surface area contributed by atoms with E-state index in [2.05, 4.69) is 18.2 Å². The van der Waals surface area contributed by atoms with Crippen LogP contribution in [0.3, 0.4) is 0 Å². The van der Waals surface area contributed by atoms with E-state index in [9.17, 15) is 14.4 Å². The van der Waals surface area contributed by atoms with Gasteiger partial charge in [-0.2, -0.15) is 0 Å². The molecule has 0 N–H and O–H groups in total. The Bertz CT molecular complexity index is 903. The molecule has 1 saturated heterocycles. The highest BCUT2D eigenvalue weighted by Gasteiger charge is 2.43. The average Bonchev–Trinajstić information content (AvgIpc) is 2.78. The molecule has 3 rings (SSSR count). The number of rotatable bonds is 6. The standard InChI is InChI=1S/C26H38N2O5S/c1-6-32-23(30)26(10-14-27(15-11-26)24(31)33-25(3,4)5)12-16-34-22-8-7-20-9-13-28(19(2)29)18-21(20)17-22/h7-8,17H,6,9-16,18H2,1-5H3. The van der Waals surface area contributed by atoms with E-state index in [0.29, 0.717) is 45.5 Å². The Morgan fingerprint density at radius 2 is 1.76 bits per heavy atom. The molecule has 1 aromatic carbocycles. The molecule has 1 fully saturated rings. The summed E-state index contributed by atoms with van der Waals surface area (Å²) in [4.78, 5) is 41.9. The van der Waals surface area contributed by atoms with Gasteiger partial charge in [0.15, 0.2) is 0 Å². The Kier molecular flexibility index (Phi) is 8.55. The van der Waals surface area contributed by atoms with Crippen LogP contribution in [-0.2, 0) is 32.0 Å². The number of esters is 1. The molecular formula is C26H38N2O5S. The van der Waals surface area contributed by atoms with Crippen molar-refractivity contribution in [1.82, 2.24) is 9.80 Å². The lowest BCUT2D eigenvalue weighted by Gasteiger charge is -2.40. The van der Waals surface area contributed by atoms with Gasteiger partial charge in [0.1, 0.15) is 5.60 Å². The van der Waals surface area contributed by atoms with Gasteiger partial charge in [0.25, 0.3) is 0 Å². The van der Waals surface area contributed by atoms with Crippen molar-refractivity contribution in [2.24, 2.45) is 5.41 Å². The number of fused-ring (bicyclic) bond motifs is 1. The topological polar surface area (TPSA) is 76.2 Å². The molecule has 0 spiro atoms. The molecule has 0 unspecified atom stereocenters. The van der Waals surface area contributed by atoms with Crippen molar-refractivity contribution >= 4 is 29.7 Å². The van der Waals surface area contributed by atoms with Crippen LogP contribution in [0.4, 0.5) is 4.79 Å². The maximum Gasteiger partial charge on any atom is 0.410 e. The summed E-state index contributed by atoms with van der Waals surface area (Å²) < 4.78 is 11.0. The molecule has 0 atom stereocenters. The van der Waals surface area contributed by atoms with Gasteiger partial charge in [-0.25, -0.2) is 4.79 Å². The molecule has 0 bridgehead atoms. The first-order valence-corrected chi connectivity index (χ1v) is 13.2. The maximum absolute atomic E-state index is 13.0. The minimum atomic E-state index is -0.582. The van der Waals surface area contributed by atoms with E-state index in [1.54, 1.807) is 23.6 Å². The summed E-state index contributed by atoms with van der Waals surface area (Å²) in [6.07, 6.45) is 2.40. The zero-order chi connectivity index (χ0) is 24.9.